The lowest BCUT2D eigenvalue weighted by Crippen LogP contribution is -2.54. The summed E-state index contributed by atoms with van der Waals surface area (Å²) < 4.78 is 23.7. The lowest BCUT2D eigenvalue weighted by Gasteiger charge is -2.39. The molecule has 2 amide bonds. The van der Waals surface area contributed by atoms with E-state index in [1.807, 2.05) is 6.07 Å². The van der Waals surface area contributed by atoms with Crippen molar-refractivity contribution in [2.24, 2.45) is 16.6 Å². The maximum atomic E-state index is 15.2. The van der Waals surface area contributed by atoms with Gasteiger partial charge in [0.1, 0.15) is 18.0 Å². The van der Waals surface area contributed by atoms with Gasteiger partial charge in [0, 0.05) is 38.1 Å². The molecular weight excluding hydrogens is 405 g/mol. The van der Waals surface area contributed by atoms with Crippen molar-refractivity contribution < 1.29 is 20.2 Å². The number of halogens is 1. The first-order chi connectivity index (χ1) is 15.3. The monoisotopic (exact) mass is 428 g/mol. The van der Waals surface area contributed by atoms with Crippen molar-refractivity contribution in [1.82, 2.24) is 20.3 Å². The largest absolute Gasteiger partial charge is 0.364 e. The van der Waals surface area contributed by atoms with E-state index >= 15 is 4.39 Å². The van der Waals surface area contributed by atoms with Gasteiger partial charge in [-0.05, 0) is 24.1 Å². The van der Waals surface area contributed by atoms with Crippen molar-refractivity contribution in [3.05, 3.63) is 41.9 Å². The summed E-state index contributed by atoms with van der Waals surface area (Å²) >= 11 is 0. The molecule has 0 spiro atoms. The van der Waals surface area contributed by atoms with Crippen LogP contribution in [0.5, 0.6) is 0 Å². The van der Waals surface area contributed by atoms with E-state index in [1.54, 1.807) is 12.3 Å². The molecule has 4 atom stereocenters. The van der Waals surface area contributed by atoms with E-state index in [4.69, 9.17) is 17.2 Å². The van der Waals surface area contributed by atoms with Gasteiger partial charge < -0.3 is 11.1 Å². The molecule has 2 fully saturated rings. The Kier molecular flexibility index (Phi) is 5.56. The van der Waals surface area contributed by atoms with E-state index in [9.17, 15) is 9.59 Å². The number of likely N-dealkylation sites (tertiary alicyclic amines) is 1. The number of rotatable bonds is 4. The predicted molar refractivity (Wildman–Crippen MR) is 106 cm³/mol. The average molecular weight is 428 g/mol. The Bertz CT molecular complexity index is 1030. The predicted octanol–water partition coefficient (Wildman–Crippen LogP) is 0.145. The Balaban J connectivity index is 1.46. The lowest BCUT2D eigenvalue weighted by molar-refractivity contribution is -0.186. The van der Waals surface area contributed by atoms with Crippen LogP contribution in [0.3, 0.4) is 0 Å². The Morgan fingerprint density at radius 2 is 2.26 bits per heavy atom. The number of pyridine rings is 1. The number of nitrogens with two attached hydrogens (primary N) is 1. The fraction of sp³-hybridized carbons (Fsp3) is 0.450. The molecule has 3 N–H and O–H groups in total. The highest BCUT2D eigenvalue weighted by molar-refractivity contribution is 6.43. The maximum absolute atomic E-state index is 15.2. The fourth-order valence-electron chi connectivity index (χ4n) is 3.91. The highest BCUT2D eigenvalue weighted by Crippen LogP contribution is 2.34. The number of nitrogens with zero attached hydrogens (tertiary/aromatic N) is 5. The molecule has 11 heteroatoms. The number of nitrogens with one attached hydrogen (secondary N) is 1. The standard InChI is InChI=1S/C20H22FN7O3/c21-15-11-27(20-25-4-1-16(26-20)18(23)29)5-2-14(15)19(30)28-17(3-6-31-28)13-7-12(8-22)9-24-10-13/h1,4,7,9-10,14-15,17,20,25H,2-3,5-6,11H2,(H2,23,29)/t14-,15-,17-,20?/m0/s1/i20D. The van der Waals surface area contributed by atoms with Crippen LogP contribution in [0.4, 0.5) is 4.39 Å². The van der Waals surface area contributed by atoms with Crippen LogP contribution < -0.4 is 11.1 Å². The molecule has 31 heavy (non-hydrogen) atoms. The minimum Gasteiger partial charge on any atom is -0.364 e. The molecule has 0 aliphatic carbocycles. The van der Waals surface area contributed by atoms with Gasteiger partial charge in [0.2, 0.25) is 0 Å². The quantitative estimate of drug-likeness (QED) is 0.696. The summed E-state index contributed by atoms with van der Waals surface area (Å²) in [6, 6.07) is 3.20. The smallest absolute Gasteiger partial charge is 0.267 e. The van der Waals surface area contributed by atoms with Crippen LogP contribution in [0.1, 0.15) is 31.4 Å². The maximum Gasteiger partial charge on any atom is 0.267 e. The van der Waals surface area contributed by atoms with Crippen LogP contribution >= 0.6 is 0 Å². The second-order valence-corrected chi connectivity index (χ2v) is 7.44. The number of hydroxylamine groups is 2. The molecule has 3 aliphatic heterocycles. The molecule has 0 aromatic carbocycles. The molecule has 4 heterocycles. The average Bonchev–Trinajstić information content (AvgIpc) is 3.28. The van der Waals surface area contributed by atoms with E-state index < -0.39 is 36.2 Å². The van der Waals surface area contributed by atoms with Gasteiger partial charge in [-0.2, -0.15) is 5.26 Å². The number of primary amides is 1. The van der Waals surface area contributed by atoms with E-state index in [2.05, 4.69) is 15.3 Å². The van der Waals surface area contributed by atoms with Crippen molar-refractivity contribution in [2.45, 2.75) is 31.3 Å². The number of nitriles is 1. The van der Waals surface area contributed by atoms with E-state index in [0.717, 1.165) is 0 Å². The van der Waals surface area contributed by atoms with Crippen LogP contribution in [0.15, 0.2) is 35.7 Å². The van der Waals surface area contributed by atoms with Gasteiger partial charge in [-0.25, -0.2) is 14.4 Å². The van der Waals surface area contributed by atoms with Crippen LogP contribution in [0, 0.1) is 17.2 Å². The number of piperidine rings is 1. The van der Waals surface area contributed by atoms with Crippen LogP contribution in [-0.4, -0.2) is 64.6 Å². The van der Waals surface area contributed by atoms with Gasteiger partial charge in [0.05, 0.1) is 25.5 Å². The van der Waals surface area contributed by atoms with Crippen LogP contribution in [0.25, 0.3) is 0 Å². The van der Waals surface area contributed by atoms with Gasteiger partial charge >= 0.3 is 0 Å². The first kappa shape index (κ1) is 19.6. The Morgan fingerprint density at radius 3 is 3.00 bits per heavy atom. The number of alkyl halides is 1. The van der Waals surface area contributed by atoms with Crippen molar-refractivity contribution in [1.29, 1.82) is 5.26 Å². The Morgan fingerprint density at radius 1 is 1.42 bits per heavy atom. The number of aromatic nitrogens is 1. The zero-order chi connectivity index (χ0) is 22.9. The SMILES string of the molecule is [2H]C1(N2CC[C@H](C(=O)N3OCC[C@H]3c3cncc(C#N)c3)[C@@H](F)C2)N=C(C(N)=O)C=CN1. The third-order valence-corrected chi connectivity index (χ3v) is 5.49. The lowest BCUT2D eigenvalue weighted by atomic mass is 9.93. The second-order valence-electron chi connectivity index (χ2n) is 7.44. The summed E-state index contributed by atoms with van der Waals surface area (Å²) in [5.74, 6) is -2.23. The number of carbonyl (C=O) groups excluding carboxylic acids is 2. The molecule has 10 nitrogen and oxygen atoms in total. The summed E-state index contributed by atoms with van der Waals surface area (Å²) in [6.07, 6.45) is 2.99. The normalized spacial score (nSPS) is 31.4. The number of hydrogen-bond donors (Lipinski definition) is 2. The first-order valence-electron chi connectivity index (χ1n) is 10.4. The molecule has 1 aromatic heterocycles. The number of carbonyl (C=O) groups is 2. The number of hydrogen-bond acceptors (Lipinski definition) is 8. The molecule has 3 aliphatic rings. The molecule has 0 bridgehead atoms. The summed E-state index contributed by atoms with van der Waals surface area (Å²) in [5, 5.41) is 13.0. The van der Waals surface area contributed by atoms with E-state index in [0.29, 0.717) is 24.2 Å². The summed E-state index contributed by atoms with van der Waals surface area (Å²) in [6.45, 7) is 0.251. The molecule has 4 rings (SSSR count). The fourth-order valence-corrected chi connectivity index (χ4v) is 3.91. The number of aliphatic imine (C=N–C) groups is 1. The zero-order valence-corrected chi connectivity index (χ0v) is 16.6. The summed E-state index contributed by atoms with van der Waals surface area (Å²) in [7, 11) is 0. The Hall–Kier alpha value is -3.36. The molecule has 162 valence electrons. The van der Waals surface area contributed by atoms with E-state index in [1.165, 1.54) is 28.4 Å². The third-order valence-electron chi connectivity index (χ3n) is 5.49. The highest BCUT2D eigenvalue weighted by atomic mass is 19.1. The van der Waals surface area contributed by atoms with Crippen molar-refractivity contribution in [2.75, 3.05) is 19.7 Å². The minimum absolute atomic E-state index is 0.0890. The van der Waals surface area contributed by atoms with Gasteiger partial charge in [-0.3, -0.25) is 24.3 Å². The molecule has 1 unspecified atom stereocenters. The van der Waals surface area contributed by atoms with E-state index in [-0.39, 0.29) is 25.2 Å². The second kappa shape index (κ2) is 8.79. The highest BCUT2D eigenvalue weighted by Gasteiger charge is 2.43. The molecular formula is C20H22FN7O3. The molecule has 1 aromatic rings. The molecule has 0 saturated carbocycles. The first-order valence-corrected chi connectivity index (χ1v) is 9.86. The van der Waals surface area contributed by atoms with Gasteiger partial charge in [-0.1, -0.05) is 0 Å². The van der Waals surface area contributed by atoms with Crippen molar-refractivity contribution in [3.8, 4) is 6.07 Å². The van der Waals surface area contributed by atoms with Crippen molar-refractivity contribution in [3.63, 3.8) is 0 Å². The summed E-state index contributed by atoms with van der Waals surface area (Å²) in [5.41, 5.74) is 6.17. The van der Waals surface area contributed by atoms with Crippen LogP contribution in [0.2, 0.25) is 0 Å². The summed E-state index contributed by atoms with van der Waals surface area (Å²) in [4.78, 5) is 39.5. The third kappa shape index (κ3) is 4.26. The van der Waals surface area contributed by atoms with Gasteiger partial charge in [0.15, 0.2) is 6.27 Å². The topological polar surface area (TPSA) is 137 Å². The molecule has 0 radical (unpaired) electrons. The number of amides is 2. The zero-order valence-electron chi connectivity index (χ0n) is 17.6. The van der Waals surface area contributed by atoms with Crippen molar-refractivity contribution >= 4 is 17.5 Å². The molecule has 2 saturated heterocycles. The van der Waals surface area contributed by atoms with Crippen LogP contribution in [-0.2, 0) is 14.4 Å². The Labute approximate surface area is 179 Å². The van der Waals surface area contributed by atoms with Gasteiger partial charge in [-0.15, -0.1) is 0 Å². The minimum atomic E-state index is -1.78. The van der Waals surface area contributed by atoms with Gasteiger partial charge in [0.25, 0.3) is 11.8 Å².